The Morgan fingerprint density at radius 2 is 1.83 bits per heavy atom. The Bertz CT molecular complexity index is 861. The number of aromatic nitrogens is 1. The largest absolute Gasteiger partial charge is 0.354 e. The van der Waals surface area contributed by atoms with Gasteiger partial charge in [0.05, 0.1) is 5.39 Å². The number of carbonyl (C=O) groups excluding carboxylic acids is 1. The molecule has 0 radical (unpaired) electrons. The molecular formula is C18H17BrN2O2. The van der Waals surface area contributed by atoms with E-state index in [1.807, 2.05) is 42.5 Å². The zero-order valence-corrected chi connectivity index (χ0v) is 14.8. The van der Waals surface area contributed by atoms with E-state index in [1.54, 1.807) is 0 Å². The maximum absolute atomic E-state index is 12.4. The summed E-state index contributed by atoms with van der Waals surface area (Å²) in [5.74, 6) is 0.223. The lowest BCUT2D eigenvalue weighted by Gasteiger charge is -2.18. The summed E-state index contributed by atoms with van der Waals surface area (Å²) in [6, 6.07) is 13.2. The molecule has 0 spiro atoms. The minimum absolute atomic E-state index is 0.0602. The first-order valence-electron chi connectivity index (χ1n) is 7.31. The van der Waals surface area contributed by atoms with Crippen LogP contribution in [-0.4, -0.2) is 11.1 Å². The molecule has 0 bridgehead atoms. The molecular weight excluding hydrogens is 356 g/mol. The summed E-state index contributed by atoms with van der Waals surface area (Å²) in [5.41, 5.74) is 2.46. The van der Waals surface area contributed by atoms with Crippen LogP contribution in [0.5, 0.6) is 0 Å². The Labute approximate surface area is 143 Å². The van der Waals surface area contributed by atoms with Crippen molar-refractivity contribution < 1.29 is 9.32 Å². The highest BCUT2D eigenvalue weighted by atomic mass is 79.9. The van der Waals surface area contributed by atoms with Crippen molar-refractivity contribution in [2.45, 2.75) is 26.2 Å². The van der Waals surface area contributed by atoms with E-state index in [4.69, 9.17) is 4.52 Å². The van der Waals surface area contributed by atoms with Gasteiger partial charge in [-0.1, -0.05) is 54.0 Å². The summed E-state index contributed by atoms with van der Waals surface area (Å²) in [6.07, 6.45) is 0. The fraction of sp³-hybridized carbons (Fsp3) is 0.222. The van der Waals surface area contributed by atoms with Crippen molar-refractivity contribution in [3.63, 3.8) is 0 Å². The van der Waals surface area contributed by atoms with Crippen molar-refractivity contribution in [2.75, 3.05) is 5.32 Å². The highest BCUT2D eigenvalue weighted by molar-refractivity contribution is 9.10. The van der Waals surface area contributed by atoms with Gasteiger partial charge in [0.25, 0.3) is 5.91 Å². The smallest absolute Gasteiger partial charge is 0.256 e. The predicted octanol–water partition coefficient (Wildman–Crippen LogP) is 5.14. The van der Waals surface area contributed by atoms with Gasteiger partial charge in [0.15, 0.2) is 11.4 Å². The molecule has 1 aromatic heterocycles. The van der Waals surface area contributed by atoms with E-state index in [1.165, 1.54) is 5.56 Å². The van der Waals surface area contributed by atoms with E-state index in [-0.39, 0.29) is 11.3 Å². The Morgan fingerprint density at radius 1 is 1.13 bits per heavy atom. The molecule has 0 unspecified atom stereocenters. The lowest BCUT2D eigenvalue weighted by atomic mass is 9.87. The number of halogens is 1. The normalized spacial score (nSPS) is 11.7. The molecule has 1 amide bonds. The molecule has 4 nitrogen and oxygen atoms in total. The number of hydrogen-bond donors (Lipinski definition) is 1. The molecule has 2 aromatic carbocycles. The molecule has 0 fully saturated rings. The predicted molar refractivity (Wildman–Crippen MR) is 94.8 cm³/mol. The summed E-state index contributed by atoms with van der Waals surface area (Å²) in [5, 5.41) is 7.50. The summed E-state index contributed by atoms with van der Waals surface area (Å²) < 4.78 is 6.14. The van der Waals surface area contributed by atoms with Crippen LogP contribution in [-0.2, 0) is 5.41 Å². The third kappa shape index (κ3) is 3.29. The van der Waals surface area contributed by atoms with Crippen LogP contribution >= 0.6 is 15.9 Å². The SMILES string of the molecule is CC(C)(C)c1ccc(C(=O)Nc2noc3cc(Br)ccc23)cc1. The Hall–Kier alpha value is -2.14. The van der Waals surface area contributed by atoms with Crippen LogP contribution in [0.2, 0.25) is 0 Å². The Balaban J connectivity index is 1.83. The van der Waals surface area contributed by atoms with Crippen molar-refractivity contribution in [2.24, 2.45) is 0 Å². The molecule has 5 heteroatoms. The first kappa shape index (κ1) is 15.7. The van der Waals surface area contributed by atoms with Crippen LogP contribution in [0.3, 0.4) is 0 Å². The first-order chi connectivity index (χ1) is 10.8. The van der Waals surface area contributed by atoms with E-state index < -0.39 is 0 Å². The van der Waals surface area contributed by atoms with E-state index >= 15 is 0 Å². The molecule has 0 aliphatic carbocycles. The van der Waals surface area contributed by atoms with Crippen molar-refractivity contribution >= 4 is 38.6 Å². The summed E-state index contributed by atoms with van der Waals surface area (Å²) in [7, 11) is 0. The number of benzene rings is 2. The number of rotatable bonds is 2. The van der Waals surface area contributed by atoms with Gasteiger partial charge in [-0.25, -0.2) is 0 Å². The van der Waals surface area contributed by atoms with Gasteiger partial charge in [0, 0.05) is 10.0 Å². The molecule has 0 saturated carbocycles. The minimum Gasteiger partial charge on any atom is -0.354 e. The van der Waals surface area contributed by atoms with Crippen molar-refractivity contribution in [3.8, 4) is 0 Å². The number of nitrogens with zero attached hydrogens (tertiary/aromatic N) is 1. The number of hydrogen-bond acceptors (Lipinski definition) is 3. The third-order valence-electron chi connectivity index (χ3n) is 3.68. The third-order valence-corrected chi connectivity index (χ3v) is 4.17. The molecule has 0 saturated heterocycles. The molecule has 0 atom stereocenters. The monoisotopic (exact) mass is 372 g/mol. The van der Waals surface area contributed by atoms with Crippen molar-refractivity contribution in [3.05, 3.63) is 58.1 Å². The van der Waals surface area contributed by atoms with Crippen molar-refractivity contribution in [1.82, 2.24) is 5.16 Å². The van der Waals surface area contributed by atoms with Gasteiger partial charge in [-0.15, -0.1) is 0 Å². The molecule has 118 valence electrons. The maximum Gasteiger partial charge on any atom is 0.256 e. The van der Waals surface area contributed by atoms with Gasteiger partial charge >= 0.3 is 0 Å². The molecule has 0 aliphatic heterocycles. The molecule has 3 rings (SSSR count). The van der Waals surface area contributed by atoms with Crippen molar-refractivity contribution in [1.29, 1.82) is 0 Å². The summed E-state index contributed by atoms with van der Waals surface area (Å²) >= 11 is 3.38. The molecule has 23 heavy (non-hydrogen) atoms. The number of anilines is 1. The van der Waals surface area contributed by atoms with Crippen LogP contribution in [0.4, 0.5) is 5.82 Å². The second-order valence-corrected chi connectivity index (χ2v) is 7.37. The summed E-state index contributed by atoms with van der Waals surface area (Å²) in [4.78, 5) is 12.4. The van der Waals surface area contributed by atoms with Crippen LogP contribution in [0, 0.1) is 0 Å². The van der Waals surface area contributed by atoms with E-state index in [0.29, 0.717) is 17.0 Å². The van der Waals surface area contributed by atoms with Gasteiger partial charge in [-0.3, -0.25) is 4.79 Å². The average molecular weight is 373 g/mol. The van der Waals surface area contributed by atoms with E-state index in [2.05, 4.69) is 47.2 Å². The maximum atomic E-state index is 12.4. The quantitative estimate of drug-likeness (QED) is 0.677. The fourth-order valence-corrected chi connectivity index (χ4v) is 2.64. The number of amides is 1. The van der Waals surface area contributed by atoms with Crippen LogP contribution in [0.15, 0.2) is 51.5 Å². The topological polar surface area (TPSA) is 55.1 Å². The lowest BCUT2D eigenvalue weighted by Crippen LogP contribution is -2.14. The standard InChI is InChI=1S/C18H17BrN2O2/c1-18(2,3)12-6-4-11(5-7-12)17(22)20-16-14-9-8-13(19)10-15(14)23-21-16/h4-10H,1-3H3,(H,20,21,22). The van der Waals surface area contributed by atoms with Crippen LogP contribution in [0.25, 0.3) is 11.0 Å². The second kappa shape index (κ2) is 5.81. The van der Waals surface area contributed by atoms with Gasteiger partial charge in [-0.2, -0.15) is 0 Å². The highest BCUT2D eigenvalue weighted by Gasteiger charge is 2.16. The Kier molecular flexibility index (Phi) is 3.98. The second-order valence-electron chi connectivity index (χ2n) is 6.45. The number of carbonyl (C=O) groups is 1. The van der Waals surface area contributed by atoms with E-state index in [0.717, 1.165) is 9.86 Å². The molecule has 3 aromatic rings. The van der Waals surface area contributed by atoms with Gasteiger partial charge in [0.1, 0.15) is 0 Å². The van der Waals surface area contributed by atoms with Crippen LogP contribution < -0.4 is 5.32 Å². The van der Waals surface area contributed by atoms with Crippen LogP contribution in [0.1, 0.15) is 36.7 Å². The summed E-state index contributed by atoms with van der Waals surface area (Å²) in [6.45, 7) is 6.42. The average Bonchev–Trinajstić information content (AvgIpc) is 2.88. The minimum atomic E-state index is -0.205. The Morgan fingerprint density at radius 3 is 2.48 bits per heavy atom. The zero-order valence-electron chi connectivity index (χ0n) is 13.2. The van der Waals surface area contributed by atoms with Gasteiger partial charge < -0.3 is 9.84 Å². The number of fused-ring (bicyclic) bond motifs is 1. The molecule has 0 aliphatic rings. The molecule has 1 heterocycles. The number of nitrogens with one attached hydrogen (secondary N) is 1. The lowest BCUT2D eigenvalue weighted by molar-refractivity contribution is 0.102. The van der Waals surface area contributed by atoms with E-state index in [9.17, 15) is 4.79 Å². The first-order valence-corrected chi connectivity index (χ1v) is 8.11. The molecule has 1 N–H and O–H groups in total. The zero-order chi connectivity index (χ0) is 16.6. The highest BCUT2D eigenvalue weighted by Crippen LogP contribution is 2.26. The fourth-order valence-electron chi connectivity index (χ4n) is 2.30. The van der Waals surface area contributed by atoms with Gasteiger partial charge in [0.2, 0.25) is 0 Å². The van der Waals surface area contributed by atoms with Gasteiger partial charge in [-0.05, 0) is 41.3 Å².